The summed E-state index contributed by atoms with van der Waals surface area (Å²) in [6, 6.07) is 0. The van der Waals surface area contributed by atoms with Crippen molar-refractivity contribution in [2.24, 2.45) is 5.41 Å². The van der Waals surface area contributed by atoms with Gasteiger partial charge < -0.3 is 0 Å². The molecule has 15 heavy (non-hydrogen) atoms. The van der Waals surface area contributed by atoms with Crippen molar-refractivity contribution < 1.29 is 9.59 Å². The summed E-state index contributed by atoms with van der Waals surface area (Å²) in [4.78, 5) is 22.4. The molecule has 0 heterocycles. The average molecular weight is 208 g/mol. The molecule has 1 rings (SSSR count). The Hall–Kier alpha value is -0.920. The van der Waals surface area contributed by atoms with Crippen molar-refractivity contribution in [3.05, 3.63) is 12.2 Å². The second kappa shape index (κ2) is 5.24. The Bertz CT molecular complexity index is 278. The number of rotatable bonds is 4. The normalized spacial score (nSPS) is 27.2. The average Bonchev–Trinajstić information content (AvgIpc) is 2.18. The molecule has 0 spiro atoms. The summed E-state index contributed by atoms with van der Waals surface area (Å²) in [6.45, 7) is 3.61. The molecule has 0 saturated heterocycles. The molecular weight excluding hydrogens is 188 g/mol. The molecule has 1 atom stereocenters. The molecule has 2 heteroatoms. The number of allylic oxidation sites excluding steroid dienone is 2. The van der Waals surface area contributed by atoms with Crippen LogP contribution in [0.15, 0.2) is 12.2 Å². The van der Waals surface area contributed by atoms with Crippen LogP contribution in [0.25, 0.3) is 0 Å². The molecule has 1 fully saturated rings. The standard InChI is InChI=1S/C13H20O2/c1-11(14)7-3-5-9-13(2)10-6-4-8-12(13)15/h3,7H,4-6,8-10H2,1-2H3/b7-3+. The molecule has 0 bridgehead atoms. The minimum absolute atomic E-state index is 0.0788. The quantitative estimate of drug-likeness (QED) is 0.665. The van der Waals surface area contributed by atoms with Gasteiger partial charge in [-0.25, -0.2) is 0 Å². The van der Waals surface area contributed by atoms with Crippen molar-refractivity contribution >= 4 is 11.6 Å². The lowest BCUT2D eigenvalue weighted by Gasteiger charge is -2.31. The molecule has 1 saturated carbocycles. The minimum atomic E-state index is -0.126. The molecule has 2 nitrogen and oxygen atoms in total. The van der Waals surface area contributed by atoms with Crippen LogP contribution in [0.2, 0.25) is 0 Å². The van der Waals surface area contributed by atoms with Crippen LogP contribution in [0.5, 0.6) is 0 Å². The first kappa shape index (κ1) is 12.2. The highest BCUT2D eigenvalue weighted by atomic mass is 16.1. The van der Waals surface area contributed by atoms with Crippen molar-refractivity contribution in [1.29, 1.82) is 0 Å². The van der Waals surface area contributed by atoms with Crippen LogP contribution in [0.1, 0.15) is 52.4 Å². The molecule has 0 N–H and O–H groups in total. The zero-order valence-corrected chi connectivity index (χ0v) is 9.71. The number of Topliss-reactive ketones (excluding diaryl/α,β-unsaturated/α-hetero) is 1. The summed E-state index contributed by atoms with van der Waals surface area (Å²) in [5.74, 6) is 0.486. The van der Waals surface area contributed by atoms with Gasteiger partial charge in [0.1, 0.15) is 5.78 Å². The van der Waals surface area contributed by atoms with E-state index in [1.54, 1.807) is 13.0 Å². The molecule has 0 aromatic heterocycles. The molecule has 0 aliphatic heterocycles. The Kier molecular flexibility index (Phi) is 4.25. The molecular formula is C13H20O2. The lowest BCUT2D eigenvalue weighted by atomic mass is 9.72. The van der Waals surface area contributed by atoms with E-state index in [4.69, 9.17) is 0 Å². The van der Waals surface area contributed by atoms with Gasteiger partial charge >= 0.3 is 0 Å². The first-order valence-corrected chi connectivity index (χ1v) is 5.75. The van der Waals surface area contributed by atoms with E-state index in [0.717, 1.165) is 32.1 Å². The highest BCUT2D eigenvalue weighted by molar-refractivity contribution is 5.87. The summed E-state index contributed by atoms with van der Waals surface area (Å²) in [6.07, 6.45) is 9.17. The van der Waals surface area contributed by atoms with Crippen LogP contribution in [-0.2, 0) is 9.59 Å². The van der Waals surface area contributed by atoms with E-state index in [9.17, 15) is 9.59 Å². The maximum absolute atomic E-state index is 11.8. The van der Waals surface area contributed by atoms with E-state index in [0.29, 0.717) is 5.78 Å². The fourth-order valence-corrected chi connectivity index (χ4v) is 2.16. The molecule has 0 aromatic carbocycles. The maximum atomic E-state index is 11.8. The Labute approximate surface area is 91.7 Å². The van der Waals surface area contributed by atoms with E-state index in [-0.39, 0.29) is 11.2 Å². The SMILES string of the molecule is CC(=O)/C=C/CCC1(C)CCCCC1=O. The van der Waals surface area contributed by atoms with E-state index < -0.39 is 0 Å². The lowest BCUT2D eigenvalue weighted by Crippen LogP contribution is -2.30. The van der Waals surface area contributed by atoms with Gasteiger partial charge in [0.05, 0.1) is 0 Å². The molecule has 1 aliphatic rings. The minimum Gasteiger partial charge on any atom is -0.299 e. The Morgan fingerprint density at radius 2 is 2.20 bits per heavy atom. The molecule has 0 amide bonds. The second-order valence-electron chi connectivity index (χ2n) is 4.74. The smallest absolute Gasteiger partial charge is 0.152 e. The zero-order valence-electron chi connectivity index (χ0n) is 9.71. The van der Waals surface area contributed by atoms with Crippen molar-refractivity contribution in [1.82, 2.24) is 0 Å². The molecule has 84 valence electrons. The van der Waals surface area contributed by atoms with E-state index in [1.165, 1.54) is 6.42 Å². The maximum Gasteiger partial charge on any atom is 0.152 e. The van der Waals surface area contributed by atoms with Crippen LogP contribution in [0.4, 0.5) is 0 Å². The van der Waals surface area contributed by atoms with Gasteiger partial charge in [0.25, 0.3) is 0 Å². The Balaban J connectivity index is 2.41. The lowest BCUT2D eigenvalue weighted by molar-refractivity contribution is -0.130. The Morgan fingerprint density at radius 1 is 1.47 bits per heavy atom. The van der Waals surface area contributed by atoms with Crippen LogP contribution in [-0.4, -0.2) is 11.6 Å². The number of carbonyl (C=O) groups excluding carboxylic acids is 2. The monoisotopic (exact) mass is 208 g/mol. The van der Waals surface area contributed by atoms with Gasteiger partial charge in [0.15, 0.2) is 5.78 Å². The van der Waals surface area contributed by atoms with Gasteiger partial charge in [-0.2, -0.15) is 0 Å². The zero-order chi connectivity index (χ0) is 11.3. The first-order valence-electron chi connectivity index (χ1n) is 5.75. The van der Waals surface area contributed by atoms with Crippen LogP contribution in [0.3, 0.4) is 0 Å². The molecule has 0 aromatic rings. The first-order chi connectivity index (χ1) is 7.04. The third-order valence-electron chi connectivity index (χ3n) is 3.27. The van der Waals surface area contributed by atoms with Gasteiger partial charge in [-0.05, 0) is 38.7 Å². The van der Waals surface area contributed by atoms with Gasteiger partial charge in [-0.1, -0.05) is 19.4 Å². The number of carbonyl (C=O) groups is 2. The summed E-state index contributed by atoms with van der Waals surface area (Å²) in [7, 11) is 0. The second-order valence-corrected chi connectivity index (χ2v) is 4.74. The largest absolute Gasteiger partial charge is 0.299 e. The van der Waals surface area contributed by atoms with E-state index in [2.05, 4.69) is 6.92 Å². The van der Waals surface area contributed by atoms with Crippen molar-refractivity contribution in [2.45, 2.75) is 52.4 Å². The number of hydrogen-bond donors (Lipinski definition) is 0. The topological polar surface area (TPSA) is 34.1 Å². The van der Waals surface area contributed by atoms with Gasteiger partial charge in [-0.3, -0.25) is 9.59 Å². The highest BCUT2D eigenvalue weighted by Crippen LogP contribution is 2.36. The number of ketones is 2. The fourth-order valence-electron chi connectivity index (χ4n) is 2.16. The predicted octanol–water partition coefficient (Wildman–Crippen LogP) is 3.06. The molecule has 1 unspecified atom stereocenters. The van der Waals surface area contributed by atoms with Crippen molar-refractivity contribution in [2.75, 3.05) is 0 Å². The van der Waals surface area contributed by atoms with E-state index >= 15 is 0 Å². The third kappa shape index (κ3) is 3.61. The Morgan fingerprint density at radius 3 is 2.80 bits per heavy atom. The number of hydrogen-bond acceptors (Lipinski definition) is 2. The molecule has 1 aliphatic carbocycles. The predicted molar refractivity (Wildman–Crippen MR) is 60.6 cm³/mol. The van der Waals surface area contributed by atoms with Crippen LogP contribution >= 0.6 is 0 Å². The summed E-state index contributed by atoms with van der Waals surface area (Å²) < 4.78 is 0. The van der Waals surface area contributed by atoms with E-state index in [1.807, 2.05) is 6.08 Å². The summed E-state index contributed by atoms with van der Waals surface area (Å²) in [5.41, 5.74) is -0.126. The molecule has 0 radical (unpaired) electrons. The fraction of sp³-hybridized carbons (Fsp3) is 0.692. The highest BCUT2D eigenvalue weighted by Gasteiger charge is 2.33. The van der Waals surface area contributed by atoms with Gasteiger partial charge in [0, 0.05) is 11.8 Å². The summed E-state index contributed by atoms with van der Waals surface area (Å²) in [5, 5.41) is 0. The van der Waals surface area contributed by atoms with Gasteiger partial charge in [0.2, 0.25) is 0 Å². The third-order valence-corrected chi connectivity index (χ3v) is 3.27. The summed E-state index contributed by atoms with van der Waals surface area (Å²) >= 11 is 0. The van der Waals surface area contributed by atoms with Crippen molar-refractivity contribution in [3.8, 4) is 0 Å². The van der Waals surface area contributed by atoms with Crippen LogP contribution in [0, 0.1) is 5.41 Å². The van der Waals surface area contributed by atoms with Gasteiger partial charge in [-0.15, -0.1) is 0 Å². The van der Waals surface area contributed by atoms with Crippen molar-refractivity contribution in [3.63, 3.8) is 0 Å². The van der Waals surface area contributed by atoms with Crippen LogP contribution < -0.4 is 0 Å².